The SMILES string of the molecule is COCCCCC(O)(c1ccccc1Oc1ccc(F)cc1)C1CCCN(C(=O)N2CCC(N)C2)C1. The number of hydrogen-bond donors (Lipinski definition) is 2. The summed E-state index contributed by atoms with van der Waals surface area (Å²) in [6.07, 6.45) is 4.54. The quantitative estimate of drug-likeness (QED) is 0.497. The molecule has 8 heteroatoms. The third-order valence-electron chi connectivity index (χ3n) is 7.41. The van der Waals surface area contributed by atoms with E-state index in [-0.39, 0.29) is 23.8 Å². The van der Waals surface area contributed by atoms with Gasteiger partial charge in [-0.3, -0.25) is 0 Å². The van der Waals surface area contributed by atoms with E-state index in [0.717, 1.165) is 32.1 Å². The van der Waals surface area contributed by atoms with Crippen molar-refractivity contribution in [2.24, 2.45) is 11.7 Å². The van der Waals surface area contributed by atoms with E-state index in [1.165, 1.54) is 12.1 Å². The molecule has 2 aliphatic heterocycles. The van der Waals surface area contributed by atoms with Crippen LogP contribution in [0.2, 0.25) is 0 Å². The van der Waals surface area contributed by atoms with Crippen LogP contribution in [0.15, 0.2) is 48.5 Å². The number of rotatable bonds is 9. The van der Waals surface area contributed by atoms with Crippen LogP contribution in [0.3, 0.4) is 0 Å². The predicted molar refractivity (Wildman–Crippen MR) is 136 cm³/mol. The molecule has 2 heterocycles. The van der Waals surface area contributed by atoms with E-state index in [1.54, 1.807) is 19.2 Å². The number of nitrogens with two attached hydrogens (primary N) is 1. The van der Waals surface area contributed by atoms with Gasteiger partial charge in [0.05, 0.1) is 5.60 Å². The molecule has 0 bridgehead atoms. The summed E-state index contributed by atoms with van der Waals surface area (Å²) in [5.74, 6) is 0.534. The number of amides is 2. The largest absolute Gasteiger partial charge is 0.457 e. The summed E-state index contributed by atoms with van der Waals surface area (Å²) in [5, 5.41) is 12.4. The first kappa shape index (κ1) is 26.4. The number of hydrogen-bond acceptors (Lipinski definition) is 5. The summed E-state index contributed by atoms with van der Waals surface area (Å²) in [5.41, 5.74) is 5.52. The van der Waals surface area contributed by atoms with E-state index >= 15 is 0 Å². The van der Waals surface area contributed by atoms with Crippen molar-refractivity contribution in [2.75, 3.05) is 39.9 Å². The van der Waals surface area contributed by atoms with Gasteiger partial charge in [-0.2, -0.15) is 0 Å². The number of likely N-dealkylation sites (tertiary alicyclic amines) is 2. The van der Waals surface area contributed by atoms with Crippen molar-refractivity contribution in [3.05, 3.63) is 59.9 Å². The van der Waals surface area contributed by atoms with Crippen LogP contribution in [0.1, 0.15) is 44.1 Å². The van der Waals surface area contributed by atoms with Gasteiger partial charge in [0.2, 0.25) is 0 Å². The fourth-order valence-corrected chi connectivity index (χ4v) is 5.44. The predicted octanol–water partition coefficient (Wildman–Crippen LogP) is 4.49. The van der Waals surface area contributed by atoms with Gasteiger partial charge in [-0.25, -0.2) is 9.18 Å². The molecule has 2 aliphatic rings. The van der Waals surface area contributed by atoms with Crippen LogP contribution in [-0.2, 0) is 10.3 Å². The van der Waals surface area contributed by atoms with E-state index in [0.29, 0.717) is 56.3 Å². The molecule has 0 saturated carbocycles. The molecule has 4 rings (SSSR count). The maximum atomic E-state index is 13.4. The summed E-state index contributed by atoms with van der Waals surface area (Å²) in [4.78, 5) is 16.9. The molecule has 2 aromatic carbocycles. The van der Waals surface area contributed by atoms with Crippen molar-refractivity contribution in [1.82, 2.24) is 9.80 Å². The van der Waals surface area contributed by atoms with Crippen LogP contribution >= 0.6 is 0 Å². The van der Waals surface area contributed by atoms with Crippen molar-refractivity contribution in [3.8, 4) is 11.5 Å². The highest BCUT2D eigenvalue weighted by Gasteiger charge is 2.43. The Labute approximate surface area is 213 Å². The summed E-state index contributed by atoms with van der Waals surface area (Å²) < 4.78 is 24.8. The maximum Gasteiger partial charge on any atom is 0.320 e. The summed E-state index contributed by atoms with van der Waals surface area (Å²) in [6.45, 7) is 3.02. The molecule has 7 nitrogen and oxygen atoms in total. The number of methoxy groups -OCH3 is 1. The highest BCUT2D eigenvalue weighted by atomic mass is 19.1. The Balaban J connectivity index is 1.60. The Kier molecular flexibility index (Phi) is 8.82. The fourth-order valence-electron chi connectivity index (χ4n) is 5.44. The number of urea groups is 1. The monoisotopic (exact) mass is 499 g/mol. The fraction of sp³-hybridized carbons (Fsp3) is 0.536. The second-order valence-electron chi connectivity index (χ2n) is 9.99. The number of carbonyl (C=O) groups is 1. The lowest BCUT2D eigenvalue weighted by Gasteiger charge is -2.44. The molecule has 2 amide bonds. The Hall–Kier alpha value is -2.68. The number of carbonyl (C=O) groups excluding carboxylic acids is 1. The molecule has 3 unspecified atom stereocenters. The third-order valence-corrected chi connectivity index (χ3v) is 7.41. The molecular formula is C28H38FN3O4. The number of nitrogens with zero attached hydrogens (tertiary/aromatic N) is 2. The maximum absolute atomic E-state index is 13.4. The lowest BCUT2D eigenvalue weighted by atomic mass is 9.73. The Morgan fingerprint density at radius 3 is 2.56 bits per heavy atom. The summed E-state index contributed by atoms with van der Waals surface area (Å²) >= 11 is 0. The molecule has 0 aliphatic carbocycles. The highest BCUT2D eigenvalue weighted by Crippen LogP contribution is 2.44. The molecule has 2 aromatic rings. The number of ether oxygens (including phenoxy) is 2. The van der Waals surface area contributed by atoms with E-state index in [9.17, 15) is 14.3 Å². The van der Waals surface area contributed by atoms with Crippen molar-refractivity contribution in [3.63, 3.8) is 0 Å². The van der Waals surface area contributed by atoms with Gasteiger partial charge in [0, 0.05) is 57.4 Å². The van der Waals surface area contributed by atoms with Crippen LogP contribution in [0, 0.1) is 11.7 Å². The number of piperidine rings is 1. The lowest BCUT2D eigenvalue weighted by Crippen LogP contribution is -2.51. The lowest BCUT2D eigenvalue weighted by molar-refractivity contribution is -0.0586. The number of aliphatic hydroxyl groups is 1. The van der Waals surface area contributed by atoms with Crippen LogP contribution in [0.4, 0.5) is 9.18 Å². The van der Waals surface area contributed by atoms with Gasteiger partial charge in [-0.1, -0.05) is 18.2 Å². The molecule has 36 heavy (non-hydrogen) atoms. The molecule has 0 aromatic heterocycles. The van der Waals surface area contributed by atoms with Gasteiger partial charge >= 0.3 is 6.03 Å². The number of para-hydroxylation sites is 1. The zero-order valence-corrected chi connectivity index (χ0v) is 21.1. The van der Waals surface area contributed by atoms with Crippen LogP contribution in [0.5, 0.6) is 11.5 Å². The minimum absolute atomic E-state index is 0.00484. The first-order valence-electron chi connectivity index (χ1n) is 12.9. The zero-order valence-electron chi connectivity index (χ0n) is 21.1. The van der Waals surface area contributed by atoms with Gasteiger partial charge in [-0.05, 0) is 68.9 Å². The zero-order chi connectivity index (χ0) is 25.5. The van der Waals surface area contributed by atoms with E-state index in [4.69, 9.17) is 15.2 Å². The van der Waals surface area contributed by atoms with Crippen molar-refractivity contribution in [1.29, 1.82) is 0 Å². The normalized spacial score (nSPS) is 21.9. The van der Waals surface area contributed by atoms with Crippen molar-refractivity contribution in [2.45, 2.75) is 50.2 Å². The van der Waals surface area contributed by atoms with Crippen molar-refractivity contribution >= 4 is 6.03 Å². The smallest absolute Gasteiger partial charge is 0.320 e. The van der Waals surface area contributed by atoms with E-state index < -0.39 is 5.60 Å². The molecule has 2 fully saturated rings. The van der Waals surface area contributed by atoms with Crippen LogP contribution in [0.25, 0.3) is 0 Å². The second-order valence-corrected chi connectivity index (χ2v) is 9.99. The molecule has 3 atom stereocenters. The summed E-state index contributed by atoms with van der Waals surface area (Å²) in [7, 11) is 1.67. The van der Waals surface area contributed by atoms with E-state index in [1.807, 2.05) is 34.1 Å². The molecule has 0 spiro atoms. The molecule has 0 radical (unpaired) electrons. The third kappa shape index (κ3) is 6.17. The van der Waals surface area contributed by atoms with Crippen LogP contribution in [-0.4, -0.2) is 66.9 Å². The number of unbranched alkanes of at least 4 members (excludes halogenated alkanes) is 1. The first-order valence-corrected chi connectivity index (χ1v) is 12.9. The van der Waals surface area contributed by atoms with E-state index in [2.05, 4.69) is 0 Å². The summed E-state index contributed by atoms with van der Waals surface area (Å²) in [6, 6.07) is 13.4. The molecule has 3 N–H and O–H groups in total. The van der Waals surface area contributed by atoms with Crippen molar-refractivity contribution < 1.29 is 23.8 Å². The highest BCUT2D eigenvalue weighted by molar-refractivity contribution is 5.75. The van der Waals surface area contributed by atoms with Gasteiger partial charge in [0.15, 0.2) is 0 Å². The first-order chi connectivity index (χ1) is 17.4. The topological polar surface area (TPSA) is 88.3 Å². The minimum Gasteiger partial charge on any atom is -0.457 e. The molecule has 196 valence electrons. The van der Waals surface area contributed by atoms with Gasteiger partial charge in [0.25, 0.3) is 0 Å². The Morgan fingerprint density at radius 2 is 1.83 bits per heavy atom. The Morgan fingerprint density at radius 1 is 1.08 bits per heavy atom. The van der Waals surface area contributed by atoms with Gasteiger partial charge in [-0.15, -0.1) is 0 Å². The average Bonchev–Trinajstić information content (AvgIpc) is 3.34. The number of benzene rings is 2. The van der Waals surface area contributed by atoms with Crippen LogP contribution < -0.4 is 10.5 Å². The van der Waals surface area contributed by atoms with Gasteiger partial charge < -0.3 is 30.1 Å². The average molecular weight is 500 g/mol. The Bertz CT molecular complexity index is 1000. The second kappa shape index (κ2) is 12.0. The van der Waals surface area contributed by atoms with Gasteiger partial charge in [0.1, 0.15) is 17.3 Å². The standard InChI is InChI=1S/C28H38FN3O4/c1-35-18-5-4-15-28(34,21-7-6-16-31(19-21)27(33)32-17-14-23(30)20-32)25-8-2-3-9-26(25)36-24-12-10-22(29)11-13-24/h2-3,8-13,21,23,34H,4-7,14-20,30H2,1H3. The minimum atomic E-state index is -1.20. The number of halogens is 1. The molecule has 2 saturated heterocycles. The molecular weight excluding hydrogens is 461 g/mol.